The van der Waals surface area contributed by atoms with E-state index in [0.29, 0.717) is 17.1 Å². The molecule has 0 unspecified atom stereocenters. The first-order valence-corrected chi connectivity index (χ1v) is 11.7. The number of rotatable bonds is 7. The third-order valence-corrected chi connectivity index (χ3v) is 6.51. The van der Waals surface area contributed by atoms with Crippen LogP contribution >= 0.6 is 0 Å². The second kappa shape index (κ2) is 10.1. The minimum atomic E-state index is -3.55. The first-order valence-electron chi connectivity index (χ1n) is 10.1. The van der Waals surface area contributed by atoms with E-state index in [9.17, 15) is 18.0 Å². The maximum atomic E-state index is 12.5. The second-order valence-electron chi connectivity index (χ2n) is 7.40. The minimum Gasteiger partial charge on any atom is -0.326 e. The summed E-state index contributed by atoms with van der Waals surface area (Å²) in [6, 6.07) is 20.3. The van der Waals surface area contributed by atoms with Crippen molar-refractivity contribution >= 4 is 38.8 Å². The van der Waals surface area contributed by atoms with Crippen molar-refractivity contribution in [2.45, 2.75) is 25.2 Å². The van der Waals surface area contributed by atoms with Gasteiger partial charge in [-0.15, -0.1) is 0 Å². The van der Waals surface area contributed by atoms with Crippen LogP contribution in [-0.2, 0) is 14.6 Å². The molecule has 0 radical (unpaired) electrons. The van der Waals surface area contributed by atoms with Crippen LogP contribution in [-0.4, -0.2) is 26.1 Å². The molecule has 0 spiro atoms. The summed E-state index contributed by atoms with van der Waals surface area (Å²) in [5, 5.41) is 8.17. The molecule has 3 rings (SSSR count). The zero-order chi connectivity index (χ0) is 23.1. The van der Waals surface area contributed by atoms with Gasteiger partial charge in [0.1, 0.15) is 0 Å². The number of amides is 3. The fourth-order valence-electron chi connectivity index (χ4n) is 2.95. The Kier molecular flexibility index (Phi) is 7.27. The molecule has 3 amide bonds. The lowest BCUT2D eigenvalue weighted by Gasteiger charge is -2.12. The summed E-state index contributed by atoms with van der Waals surface area (Å²) >= 11 is 0. The van der Waals surface area contributed by atoms with Crippen LogP contribution in [0.25, 0.3) is 0 Å². The van der Waals surface area contributed by atoms with E-state index in [0.717, 1.165) is 11.1 Å². The van der Waals surface area contributed by atoms with Crippen molar-refractivity contribution in [1.82, 2.24) is 0 Å². The van der Waals surface area contributed by atoms with Gasteiger partial charge < -0.3 is 16.0 Å². The van der Waals surface area contributed by atoms with Gasteiger partial charge in [-0.1, -0.05) is 42.0 Å². The number of anilines is 3. The Balaban J connectivity index is 1.59. The third kappa shape index (κ3) is 6.42. The smallest absolute Gasteiger partial charge is 0.323 e. The first kappa shape index (κ1) is 23.0. The van der Waals surface area contributed by atoms with Crippen molar-refractivity contribution in [3.63, 3.8) is 0 Å². The van der Waals surface area contributed by atoms with Gasteiger partial charge in [-0.05, 0) is 55.8 Å². The molecule has 166 valence electrons. The zero-order valence-corrected chi connectivity index (χ0v) is 18.7. The van der Waals surface area contributed by atoms with E-state index in [1.165, 1.54) is 0 Å². The highest BCUT2D eigenvalue weighted by Gasteiger charge is 2.17. The van der Waals surface area contributed by atoms with Crippen LogP contribution in [0.3, 0.4) is 0 Å². The number of hydrogen-bond donors (Lipinski definition) is 3. The summed E-state index contributed by atoms with van der Waals surface area (Å²) in [5.74, 6) is -0.715. The fraction of sp³-hybridized carbons (Fsp3) is 0.167. The van der Waals surface area contributed by atoms with E-state index in [-0.39, 0.29) is 17.1 Å². The maximum absolute atomic E-state index is 12.5. The van der Waals surface area contributed by atoms with Crippen molar-refractivity contribution in [3.8, 4) is 0 Å². The quantitative estimate of drug-likeness (QED) is 0.482. The number of hydrogen-bond acceptors (Lipinski definition) is 4. The van der Waals surface area contributed by atoms with Crippen molar-refractivity contribution in [2.75, 3.05) is 21.7 Å². The van der Waals surface area contributed by atoms with Crippen LogP contribution in [0, 0.1) is 13.8 Å². The number of nitrogens with one attached hydrogen (secondary N) is 3. The highest BCUT2D eigenvalue weighted by atomic mass is 32.2. The largest absolute Gasteiger partial charge is 0.326 e. The highest BCUT2D eigenvalue weighted by Crippen LogP contribution is 2.21. The number of carbonyl (C=O) groups is 2. The van der Waals surface area contributed by atoms with Crippen LogP contribution in [0.1, 0.15) is 17.5 Å². The minimum absolute atomic E-state index is 0.179. The molecule has 7 nitrogen and oxygen atoms in total. The molecule has 0 aliphatic carbocycles. The molecular formula is C24H25N3O4S. The Morgan fingerprint density at radius 2 is 1.44 bits per heavy atom. The Morgan fingerprint density at radius 3 is 2.12 bits per heavy atom. The molecular weight excluding hydrogens is 426 g/mol. The third-order valence-electron chi connectivity index (χ3n) is 4.78. The van der Waals surface area contributed by atoms with E-state index < -0.39 is 21.8 Å². The van der Waals surface area contributed by atoms with Crippen molar-refractivity contribution in [2.24, 2.45) is 0 Å². The van der Waals surface area contributed by atoms with Gasteiger partial charge in [-0.3, -0.25) is 4.79 Å². The highest BCUT2D eigenvalue weighted by molar-refractivity contribution is 7.91. The predicted molar refractivity (Wildman–Crippen MR) is 127 cm³/mol. The van der Waals surface area contributed by atoms with E-state index >= 15 is 0 Å². The summed E-state index contributed by atoms with van der Waals surface area (Å²) in [5.41, 5.74) is 3.39. The van der Waals surface area contributed by atoms with Gasteiger partial charge in [0, 0.05) is 23.5 Å². The average molecular weight is 452 g/mol. The average Bonchev–Trinajstić information content (AvgIpc) is 2.76. The molecule has 0 aliphatic heterocycles. The predicted octanol–water partition coefficient (Wildman–Crippen LogP) is 4.75. The molecule has 3 N–H and O–H groups in total. The summed E-state index contributed by atoms with van der Waals surface area (Å²) < 4.78 is 24.9. The summed E-state index contributed by atoms with van der Waals surface area (Å²) in [6.45, 7) is 3.69. The summed E-state index contributed by atoms with van der Waals surface area (Å²) in [4.78, 5) is 24.8. The normalized spacial score (nSPS) is 10.9. The molecule has 8 heteroatoms. The molecule has 0 heterocycles. The van der Waals surface area contributed by atoms with Gasteiger partial charge in [0.15, 0.2) is 9.84 Å². The van der Waals surface area contributed by atoms with Crippen molar-refractivity contribution in [1.29, 1.82) is 0 Å². The molecule has 0 atom stereocenters. The van der Waals surface area contributed by atoms with Gasteiger partial charge in [-0.2, -0.15) is 0 Å². The van der Waals surface area contributed by atoms with Crippen molar-refractivity contribution in [3.05, 3.63) is 83.9 Å². The summed E-state index contributed by atoms with van der Waals surface area (Å²) in [6.07, 6.45) is -0.179. The van der Waals surface area contributed by atoms with Crippen LogP contribution in [0.5, 0.6) is 0 Å². The van der Waals surface area contributed by atoms with Gasteiger partial charge in [-0.25, -0.2) is 13.2 Å². The molecule has 0 saturated heterocycles. The first-order chi connectivity index (χ1) is 15.2. The van der Waals surface area contributed by atoms with E-state index in [1.807, 2.05) is 32.0 Å². The molecule has 3 aromatic rings. The Hall–Kier alpha value is -3.65. The maximum Gasteiger partial charge on any atom is 0.323 e. The lowest BCUT2D eigenvalue weighted by Crippen LogP contribution is -2.20. The number of benzene rings is 3. The summed E-state index contributed by atoms with van der Waals surface area (Å²) in [7, 11) is -3.55. The molecule has 0 aliphatic rings. The monoisotopic (exact) mass is 451 g/mol. The second-order valence-corrected chi connectivity index (χ2v) is 9.51. The number of aryl methyl sites for hydroxylation is 2. The Labute approximate surface area is 187 Å². The van der Waals surface area contributed by atoms with Crippen LogP contribution in [0.2, 0.25) is 0 Å². The number of sulfone groups is 1. The molecule has 0 fully saturated rings. The topological polar surface area (TPSA) is 104 Å². The van der Waals surface area contributed by atoms with Crippen LogP contribution in [0.4, 0.5) is 21.9 Å². The molecule has 3 aromatic carbocycles. The standard InChI is InChI=1S/C24H25N3O4S/c1-17-8-12-21(13-9-17)32(30,31)15-14-23(28)27-22-16-20(11-10-18(22)2)26-24(29)25-19-6-4-3-5-7-19/h3-13,16H,14-15H2,1-2H3,(H,27,28)(H2,25,26,29). The van der Waals surface area contributed by atoms with Gasteiger partial charge in [0.05, 0.1) is 10.6 Å². The lowest BCUT2D eigenvalue weighted by atomic mass is 10.1. The fourth-order valence-corrected chi connectivity index (χ4v) is 4.19. The zero-order valence-electron chi connectivity index (χ0n) is 17.9. The molecule has 32 heavy (non-hydrogen) atoms. The Morgan fingerprint density at radius 1 is 0.781 bits per heavy atom. The number of urea groups is 1. The molecule has 0 bridgehead atoms. The van der Waals surface area contributed by atoms with Gasteiger partial charge in [0.2, 0.25) is 5.91 Å². The van der Waals surface area contributed by atoms with E-state index in [2.05, 4.69) is 16.0 Å². The molecule has 0 saturated carbocycles. The van der Waals surface area contributed by atoms with Crippen molar-refractivity contribution < 1.29 is 18.0 Å². The lowest BCUT2D eigenvalue weighted by molar-refractivity contribution is -0.115. The SMILES string of the molecule is Cc1ccc(S(=O)(=O)CCC(=O)Nc2cc(NC(=O)Nc3ccccc3)ccc2C)cc1. The van der Waals surface area contributed by atoms with Gasteiger partial charge in [0.25, 0.3) is 0 Å². The Bertz CT molecular complexity index is 1210. The van der Waals surface area contributed by atoms with E-state index in [4.69, 9.17) is 0 Å². The van der Waals surface area contributed by atoms with Gasteiger partial charge >= 0.3 is 6.03 Å². The molecule has 0 aromatic heterocycles. The van der Waals surface area contributed by atoms with Crippen LogP contribution < -0.4 is 16.0 Å². The van der Waals surface area contributed by atoms with Crippen LogP contribution in [0.15, 0.2) is 77.7 Å². The number of carbonyl (C=O) groups excluding carboxylic acids is 2. The van der Waals surface area contributed by atoms with E-state index in [1.54, 1.807) is 54.6 Å². The number of para-hydroxylation sites is 1.